The summed E-state index contributed by atoms with van der Waals surface area (Å²) in [5.74, 6) is -2.81. The van der Waals surface area contributed by atoms with Crippen LogP contribution in [0.3, 0.4) is 0 Å². The number of carbonyl (C=O) groups excluding carboxylic acids is 5. The molecule has 2 aliphatic carbocycles. The lowest BCUT2D eigenvalue weighted by molar-refractivity contribution is -0.145. The van der Waals surface area contributed by atoms with Gasteiger partial charge in [-0.05, 0) is 59.0 Å². The van der Waals surface area contributed by atoms with Crippen LogP contribution in [-0.2, 0) is 29.2 Å². The van der Waals surface area contributed by atoms with Crippen molar-refractivity contribution in [3.8, 4) is 0 Å². The predicted molar refractivity (Wildman–Crippen MR) is 189 cm³/mol. The SMILES string of the molecule is CN(C[C@H](CC(C)(C)C)NC(=O)N[C@H](C(=O)N1C[C@H]2[C@@H]([C@H]1C(=O)NC(CC1CC1)C(=O)C(N)=O)C2(C)C)C(C)(C)C)S(=O)(=O)c1ccccc1. The maximum absolute atomic E-state index is 14.4. The Bertz CT molecular complexity index is 1580. The van der Waals surface area contributed by atoms with Gasteiger partial charge in [-0.3, -0.25) is 19.2 Å². The molecule has 13 nitrogen and oxygen atoms in total. The highest BCUT2D eigenvalue weighted by Gasteiger charge is 2.70. The number of sulfonamides is 1. The maximum atomic E-state index is 14.4. The Balaban J connectivity index is 1.53. The molecule has 1 saturated heterocycles. The number of Topliss-reactive ketones (excluding diaryl/α,β-unsaturated/α-hetero) is 1. The van der Waals surface area contributed by atoms with Gasteiger partial charge in [0.15, 0.2) is 0 Å². The van der Waals surface area contributed by atoms with Gasteiger partial charge in [-0.15, -0.1) is 0 Å². The van der Waals surface area contributed by atoms with Gasteiger partial charge in [0.2, 0.25) is 27.6 Å². The monoisotopic (exact) mass is 716 g/mol. The zero-order valence-electron chi connectivity index (χ0n) is 30.9. The normalized spacial score (nSPS) is 23.3. The summed E-state index contributed by atoms with van der Waals surface area (Å²) in [5.41, 5.74) is 4.05. The molecule has 0 aromatic heterocycles. The molecule has 0 spiro atoms. The van der Waals surface area contributed by atoms with E-state index in [-0.39, 0.29) is 40.0 Å². The third-order valence-corrected chi connectivity index (χ3v) is 12.3. The van der Waals surface area contributed by atoms with Gasteiger partial charge in [0.05, 0.1) is 10.9 Å². The molecule has 3 fully saturated rings. The Morgan fingerprint density at radius 2 is 1.58 bits per heavy atom. The van der Waals surface area contributed by atoms with Crippen molar-refractivity contribution in [3.05, 3.63) is 30.3 Å². The van der Waals surface area contributed by atoms with Crippen molar-refractivity contribution in [2.45, 2.75) is 110 Å². The highest BCUT2D eigenvalue weighted by atomic mass is 32.2. The Hall–Kier alpha value is -3.52. The number of hydrogen-bond acceptors (Lipinski definition) is 7. The number of ketones is 1. The molecule has 14 heteroatoms. The maximum Gasteiger partial charge on any atom is 0.315 e. The average Bonchev–Trinajstić information content (AvgIpc) is 3.85. The van der Waals surface area contributed by atoms with Crippen molar-refractivity contribution in [3.63, 3.8) is 0 Å². The molecule has 1 aliphatic heterocycles. The van der Waals surface area contributed by atoms with E-state index in [1.165, 1.54) is 28.4 Å². The van der Waals surface area contributed by atoms with Crippen molar-refractivity contribution in [2.75, 3.05) is 20.1 Å². The first kappa shape index (κ1) is 39.3. The third-order valence-electron chi connectivity index (χ3n) is 10.4. The van der Waals surface area contributed by atoms with Gasteiger partial charge in [0.1, 0.15) is 12.1 Å². The van der Waals surface area contributed by atoms with E-state index in [1.54, 1.807) is 18.2 Å². The molecule has 0 bridgehead atoms. The van der Waals surface area contributed by atoms with E-state index in [2.05, 4.69) is 16.0 Å². The number of hydrogen-bond donors (Lipinski definition) is 4. The second-order valence-electron chi connectivity index (χ2n) is 17.3. The molecule has 5 amide bonds. The Morgan fingerprint density at radius 3 is 2.10 bits per heavy atom. The standard InChI is InChI=1S/C36H56N6O7S/c1-34(2,3)18-22(19-41(9)50(48,49)23-13-11-10-12-14-23)38-33(47)40-29(35(4,5)6)32(46)42-20-24-26(36(24,7)8)27(42)31(45)39-25(17-21-15-16-21)28(43)30(37)44/h10-14,21-22,24-27,29H,15-20H2,1-9H3,(H2,37,44)(H,39,45)(H2,38,40,47)/t22-,24-,25?,26-,27-,29+/m0/s1. The number of urea groups is 1. The van der Waals surface area contributed by atoms with Gasteiger partial charge in [-0.25, -0.2) is 13.2 Å². The topological polar surface area (TPSA) is 188 Å². The van der Waals surface area contributed by atoms with Crippen LogP contribution in [0.2, 0.25) is 0 Å². The lowest BCUT2D eigenvalue weighted by Crippen LogP contribution is -2.62. The summed E-state index contributed by atoms with van der Waals surface area (Å²) in [6.45, 7) is 15.8. The largest absolute Gasteiger partial charge is 0.363 e. The van der Waals surface area contributed by atoms with Crippen LogP contribution in [0.5, 0.6) is 0 Å². The second kappa shape index (κ2) is 14.2. The molecular weight excluding hydrogens is 660 g/mol. The van der Waals surface area contributed by atoms with E-state index < -0.39 is 69.1 Å². The number of nitrogens with zero attached hydrogens (tertiary/aromatic N) is 2. The number of likely N-dealkylation sites (tertiary alicyclic amines) is 1. The number of carbonyl (C=O) groups is 5. The molecule has 4 rings (SSSR count). The fraction of sp³-hybridized carbons (Fsp3) is 0.694. The minimum absolute atomic E-state index is 0.00505. The van der Waals surface area contributed by atoms with Crippen LogP contribution < -0.4 is 21.7 Å². The first-order chi connectivity index (χ1) is 22.9. The highest BCUT2D eigenvalue weighted by Crippen LogP contribution is 2.65. The second-order valence-corrected chi connectivity index (χ2v) is 19.4. The van der Waals surface area contributed by atoms with Crippen LogP contribution in [0, 0.1) is 34.0 Å². The zero-order chi connectivity index (χ0) is 37.6. The number of nitrogens with two attached hydrogens (primary N) is 1. The van der Waals surface area contributed by atoms with Crippen LogP contribution in [0.25, 0.3) is 0 Å². The van der Waals surface area contributed by atoms with Crippen LogP contribution >= 0.6 is 0 Å². The molecule has 6 atom stereocenters. The molecule has 1 aromatic carbocycles. The zero-order valence-corrected chi connectivity index (χ0v) is 31.7. The van der Waals surface area contributed by atoms with Gasteiger partial charge in [0.25, 0.3) is 5.91 Å². The predicted octanol–water partition coefficient (Wildman–Crippen LogP) is 2.65. The van der Waals surface area contributed by atoms with Gasteiger partial charge in [-0.1, -0.05) is 86.4 Å². The molecule has 50 heavy (non-hydrogen) atoms. The minimum atomic E-state index is -3.83. The van der Waals surface area contributed by atoms with Gasteiger partial charge < -0.3 is 26.6 Å². The lowest BCUT2D eigenvalue weighted by atomic mass is 9.85. The molecule has 3 aliphatic rings. The van der Waals surface area contributed by atoms with E-state index in [4.69, 9.17) is 5.73 Å². The van der Waals surface area contributed by atoms with Gasteiger partial charge in [0, 0.05) is 26.2 Å². The quantitative estimate of drug-likeness (QED) is 0.213. The van der Waals surface area contributed by atoms with Crippen molar-refractivity contribution in [1.82, 2.24) is 25.2 Å². The molecule has 5 N–H and O–H groups in total. The van der Waals surface area contributed by atoms with E-state index in [0.717, 1.165) is 12.8 Å². The van der Waals surface area contributed by atoms with Crippen molar-refractivity contribution in [1.29, 1.82) is 0 Å². The first-order valence-electron chi connectivity index (χ1n) is 17.5. The number of piperidine rings is 1. The number of fused-ring (bicyclic) bond motifs is 1. The lowest BCUT2D eigenvalue weighted by Gasteiger charge is -2.38. The number of primary amides is 1. The summed E-state index contributed by atoms with van der Waals surface area (Å²) in [6.07, 6.45) is 2.57. The minimum Gasteiger partial charge on any atom is -0.363 e. The first-order valence-corrected chi connectivity index (χ1v) is 18.9. The molecule has 0 radical (unpaired) electrons. The fourth-order valence-electron chi connectivity index (χ4n) is 7.41. The van der Waals surface area contributed by atoms with E-state index in [0.29, 0.717) is 19.4 Å². The van der Waals surface area contributed by atoms with Crippen LogP contribution in [0.1, 0.15) is 81.1 Å². The average molecular weight is 717 g/mol. The number of amides is 5. The molecule has 278 valence electrons. The van der Waals surface area contributed by atoms with Gasteiger partial charge >= 0.3 is 6.03 Å². The van der Waals surface area contributed by atoms with Crippen LogP contribution in [0.15, 0.2) is 35.2 Å². The van der Waals surface area contributed by atoms with E-state index >= 15 is 0 Å². The number of rotatable bonds is 14. The summed E-state index contributed by atoms with van der Waals surface area (Å²) in [7, 11) is -2.36. The summed E-state index contributed by atoms with van der Waals surface area (Å²) >= 11 is 0. The van der Waals surface area contributed by atoms with Crippen molar-refractivity contribution in [2.24, 2.45) is 39.7 Å². The highest BCUT2D eigenvalue weighted by molar-refractivity contribution is 7.89. The third kappa shape index (κ3) is 9.03. The van der Waals surface area contributed by atoms with Crippen molar-refractivity contribution < 1.29 is 32.4 Å². The number of benzene rings is 1. The Kier molecular flexibility index (Phi) is 11.2. The van der Waals surface area contributed by atoms with E-state index in [1.807, 2.05) is 55.4 Å². The Morgan fingerprint density at radius 1 is 0.980 bits per heavy atom. The smallest absolute Gasteiger partial charge is 0.315 e. The summed E-state index contributed by atoms with van der Waals surface area (Å²) in [4.78, 5) is 68.1. The molecular formula is C36H56N6O7S. The van der Waals surface area contributed by atoms with Crippen LogP contribution in [0.4, 0.5) is 4.79 Å². The number of likely N-dealkylation sites (N-methyl/N-ethyl adjacent to an activating group) is 1. The van der Waals surface area contributed by atoms with E-state index in [9.17, 15) is 32.4 Å². The fourth-order valence-corrected chi connectivity index (χ4v) is 8.65. The summed E-state index contributed by atoms with van der Waals surface area (Å²) in [5, 5.41) is 8.54. The molecule has 1 unspecified atom stereocenters. The summed E-state index contributed by atoms with van der Waals surface area (Å²) < 4.78 is 27.8. The van der Waals surface area contributed by atoms with Crippen LogP contribution in [-0.4, -0.2) is 91.5 Å². The molecule has 2 saturated carbocycles. The summed E-state index contributed by atoms with van der Waals surface area (Å²) in [6, 6.07) is 3.82. The van der Waals surface area contributed by atoms with Gasteiger partial charge in [-0.2, -0.15) is 4.31 Å². The number of nitrogens with one attached hydrogen (secondary N) is 3. The molecule has 1 heterocycles. The molecule has 1 aromatic rings. The van der Waals surface area contributed by atoms with Crippen molar-refractivity contribution >= 4 is 39.6 Å². The Labute approximate surface area is 296 Å².